The largest absolute Gasteiger partial charge is 0.479 e. The first-order valence-corrected chi connectivity index (χ1v) is 7.91. The first-order valence-electron chi connectivity index (χ1n) is 7.91. The molecule has 0 bridgehead atoms. The van der Waals surface area contributed by atoms with Gasteiger partial charge in [0.05, 0.1) is 25.6 Å². The molecule has 0 unspecified atom stereocenters. The van der Waals surface area contributed by atoms with E-state index < -0.39 is 5.82 Å². The zero-order valence-corrected chi connectivity index (χ0v) is 13.8. The topological polar surface area (TPSA) is 79.7 Å². The molecule has 0 saturated heterocycles. The van der Waals surface area contributed by atoms with E-state index in [4.69, 9.17) is 4.74 Å². The minimum atomic E-state index is -0.628. The minimum Gasteiger partial charge on any atom is -0.479 e. The number of hydrazone groups is 1. The smallest absolute Gasteiger partial charge is 0.255 e. The number of benzene rings is 1. The van der Waals surface area contributed by atoms with E-state index in [9.17, 15) is 9.18 Å². The van der Waals surface area contributed by atoms with Crippen LogP contribution < -0.4 is 10.1 Å². The number of aromatic nitrogens is 2. The van der Waals surface area contributed by atoms with Gasteiger partial charge in [-0.25, -0.2) is 9.99 Å². The zero-order chi connectivity index (χ0) is 17.6. The monoisotopic (exact) mass is 343 g/mol. The second-order valence-corrected chi connectivity index (χ2v) is 5.41. The highest BCUT2D eigenvalue weighted by Crippen LogP contribution is 2.16. The van der Waals surface area contributed by atoms with Crippen molar-refractivity contribution in [3.8, 4) is 5.88 Å². The molecule has 1 aliphatic heterocycles. The maximum atomic E-state index is 13.3. The number of carbonyl (C=O) groups is 1. The molecule has 1 aromatic carbocycles. The summed E-state index contributed by atoms with van der Waals surface area (Å²) in [5, 5.41) is 8.83. The number of nitrogens with zero attached hydrogens (tertiary/aromatic N) is 4. The molecule has 0 atom stereocenters. The van der Waals surface area contributed by atoms with Gasteiger partial charge in [-0.15, -0.1) is 0 Å². The van der Waals surface area contributed by atoms with Gasteiger partial charge in [0.25, 0.3) is 5.88 Å². The molecule has 2 heterocycles. The Morgan fingerprint density at radius 1 is 1.28 bits per heavy atom. The number of methoxy groups -OCH3 is 1. The Bertz CT molecular complexity index is 782. The summed E-state index contributed by atoms with van der Waals surface area (Å²) in [7, 11) is 1.33. The second kappa shape index (κ2) is 7.69. The van der Waals surface area contributed by atoms with Gasteiger partial charge >= 0.3 is 0 Å². The lowest BCUT2D eigenvalue weighted by Gasteiger charge is -2.23. The fourth-order valence-corrected chi connectivity index (χ4v) is 2.47. The van der Waals surface area contributed by atoms with Gasteiger partial charge in [-0.1, -0.05) is 30.3 Å². The minimum absolute atomic E-state index is 0.0286. The molecule has 1 aromatic heterocycles. The van der Waals surface area contributed by atoms with Crippen LogP contribution in [0.4, 0.5) is 10.3 Å². The van der Waals surface area contributed by atoms with Crippen molar-refractivity contribution in [1.29, 1.82) is 0 Å². The van der Waals surface area contributed by atoms with E-state index in [0.29, 0.717) is 25.9 Å². The second-order valence-electron chi connectivity index (χ2n) is 5.41. The molecule has 3 rings (SSSR count). The van der Waals surface area contributed by atoms with E-state index >= 15 is 0 Å². The number of hydrogen-bond donors (Lipinski definition) is 1. The number of amides is 1. The van der Waals surface area contributed by atoms with Crippen molar-refractivity contribution in [2.75, 3.05) is 25.5 Å². The summed E-state index contributed by atoms with van der Waals surface area (Å²) in [5.74, 6) is -0.554. The Morgan fingerprint density at radius 2 is 2.08 bits per heavy atom. The molecule has 0 radical (unpaired) electrons. The highest BCUT2D eigenvalue weighted by molar-refractivity contribution is 6.04. The fourth-order valence-electron chi connectivity index (χ4n) is 2.47. The Labute approximate surface area is 144 Å². The van der Waals surface area contributed by atoms with E-state index in [1.165, 1.54) is 12.1 Å². The molecule has 1 amide bonds. The third kappa shape index (κ3) is 4.09. The van der Waals surface area contributed by atoms with Crippen molar-refractivity contribution in [3.63, 3.8) is 0 Å². The van der Waals surface area contributed by atoms with E-state index in [2.05, 4.69) is 20.4 Å². The van der Waals surface area contributed by atoms with Gasteiger partial charge in [0, 0.05) is 19.4 Å². The Kier molecular flexibility index (Phi) is 5.17. The number of nitrogens with one attached hydrogen (secondary N) is 1. The van der Waals surface area contributed by atoms with E-state index in [-0.39, 0.29) is 17.7 Å². The molecule has 0 aliphatic carbocycles. The van der Waals surface area contributed by atoms with Crippen LogP contribution in [0.5, 0.6) is 5.88 Å². The van der Waals surface area contributed by atoms with Crippen LogP contribution in [0.25, 0.3) is 0 Å². The van der Waals surface area contributed by atoms with Crippen molar-refractivity contribution >= 4 is 17.6 Å². The molecular weight excluding hydrogens is 325 g/mol. The molecule has 8 heteroatoms. The highest BCUT2D eigenvalue weighted by Gasteiger charge is 2.20. The number of hydrogen-bond acceptors (Lipinski definition) is 6. The molecule has 2 aromatic rings. The molecule has 130 valence electrons. The molecule has 0 fully saturated rings. The maximum Gasteiger partial charge on any atom is 0.255 e. The number of anilines is 1. The lowest BCUT2D eigenvalue weighted by molar-refractivity contribution is -0.131. The van der Waals surface area contributed by atoms with Gasteiger partial charge in [0.15, 0.2) is 0 Å². The van der Waals surface area contributed by atoms with Crippen LogP contribution in [0, 0.1) is 5.82 Å². The van der Waals surface area contributed by atoms with Crippen LogP contribution in [0.15, 0.2) is 41.6 Å². The van der Waals surface area contributed by atoms with Crippen molar-refractivity contribution in [2.45, 2.75) is 12.8 Å². The van der Waals surface area contributed by atoms with Crippen LogP contribution in [0.1, 0.15) is 18.4 Å². The third-order valence-corrected chi connectivity index (χ3v) is 3.72. The molecule has 1 N–H and O–H groups in total. The summed E-state index contributed by atoms with van der Waals surface area (Å²) < 4.78 is 18.1. The summed E-state index contributed by atoms with van der Waals surface area (Å²) in [5.41, 5.74) is 1.90. The number of rotatable bonds is 6. The van der Waals surface area contributed by atoms with Crippen LogP contribution >= 0.6 is 0 Å². The van der Waals surface area contributed by atoms with E-state index in [1.807, 2.05) is 30.3 Å². The number of ether oxygens (including phenoxy) is 1. The molecule has 7 nitrogen and oxygen atoms in total. The van der Waals surface area contributed by atoms with Crippen LogP contribution in [-0.2, 0) is 4.79 Å². The van der Waals surface area contributed by atoms with Crippen LogP contribution in [-0.4, -0.2) is 46.8 Å². The maximum absolute atomic E-state index is 13.3. The number of halogens is 1. The van der Waals surface area contributed by atoms with Crippen LogP contribution in [0.2, 0.25) is 0 Å². The summed E-state index contributed by atoms with van der Waals surface area (Å²) in [6.45, 7) is 0.740. The summed E-state index contributed by atoms with van der Waals surface area (Å²) in [6.07, 6.45) is 2.09. The van der Waals surface area contributed by atoms with Gasteiger partial charge < -0.3 is 10.1 Å². The first-order chi connectivity index (χ1) is 12.2. The first kappa shape index (κ1) is 16.8. The Balaban J connectivity index is 1.62. The summed E-state index contributed by atoms with van der Waals surface area (Å²) in [4.78, 5) is 19.8. The Hall–Kier alpha value is -3.03. The fraction of sp³-hybridized carbons (Fsp3) is 0.294. The quantitative estimate of drug-likeness (QED) is 0.868. The standard InChI is InChI=1S/C17H18FN5O2/c1-25-16-13(18)11-20-17(21-16)19-9-10-23-15(24)8-7-14(22-23)12-5-3-2-4-6-12/h2-6,11H,7-10H2,1H3,(H,19,20,21). The molecule has 0 saturated carbocycles. The van der Waals surface area contributed by atoms with Gasteiger partial charge in [-0.2, -0.15) is 14.5 Å². The van der Waals surface area contributed by atoms with Gasteiger partial charge in [0.2, 0.25) is 17.7 Å². The molecule has 0 spiro atoms. The zero-order valence-electron chi connectivity index (χ0n) is 13.8. The lowest BCUT2D eigenvalue weighted by atomic mass is 10.0. The van der Waals surface area contributed by atoms with Gasteiger partial charge in [0.1, 0.15) is 0 Å². The average Bonchev–Trinajstić information content (AvgIpc) is 2.65. The molecule has 1 aliphatic rings. The lowest BCUT2D eigenvalue weighted by Crippen LogP contribution is -2.35. The molecule has 25 heavy (non-hydrogen) atoms. The third-order valence-electron chi connectivity index (χ3n) is 3.72. The Morgan fingerprint density at radius 3 is 2.84 bits per heavy atom. The van der Waals surface area contributed by atoms with Crippen molar-refractivity contribution in [1.82, 2.24) is 15.0 Å². The van der Waals surface area contributed by atoms with Crippen LogP contribution in [0.3, 0.4) is 0 Å². The van der Waals surface area contributed by atoms with Gasteiger partial charge in [-0.05, 0) is 5.56 Å². The van der Waals surface area contributed by atoms with Crippen molar-refractivity contribution in [2.24, 2.45) is 5.10 Å². The molecular formula is C17H18FN5O2. The number of carbonyl (C=O) groups excluding carboxylic acids is 1. The van der Waals surface area contributed by atoms with E-state index in [0.717, 1.165) is 17.5 Å². The van der Waals surface area contributed by atoms with E-state index in [1.54, 1.807) is 0 Å². The van der Waals surface area contributed by atoms with Crippen molar-refractivity contribution < 1.29 is 13.9 Å². The predicted octanol–water partition coefficient (Wildman–Crippen LogP) is 2.06. The SMILES string of the molecule is COc1nc(NCCN2N=C(c3ccccc3)CCC2=O)ncc1F. The highest BCUT2D eigenvalue weighted by atomic mass is 19.1. The van der Waals surface area contributed by atoms with Crippen molar-refractivity contribution in [3.05, 3.63) is 47.9 Å². The summed E-state index contributed by atoms with van der Waals surface area (Å²) in [6, 6.07) is 9.78. The predicted molar refractivity (Wildman–Crippen MR) is 91.0 cm³/mol. The summed E-state index contributed by atoms with van der Waals surface area (Å²) >= 11 is 0. The van der Waals surface area contributed by atoms with Gasteiger partial charge in [-0.3, -0.25) is 4.79 Å². The normalized spacial score (nSPS) is 14.2. The average molecular weight is 343 g/mol.